The van der Waals surface area contributed by atoms with E-state index in [9.17, 15) is 5.11 Å². The van der Waals surface area contributed by atoms with Crippen molar-refractivity contribution in [3.8, 4) is 5.75 Å². The van der Waals surface area contributed by atoms with Crippen LogP contribution in [0.3, 0.4) is 0 Å². The maximum absolute atomic E-state index is 9.81. The van der Waals surface area contributed by atoms with E-state index in [4.69, 9.17) is 15.6 Å². The van der Waals surface area contributed by atoms with Crippen LogP contribution in [-0.2, 0) is 0 Å². The normalized spacial score (nSPS) is 12.5. The van der Waals surface area contributed by atoms with E-state index in [1.807, 2.05) is 0 Å². The van der Waals surface area contributed by atoms with Crippen molar-refractivity contribution < 1.29 is 14.9 Å². The van der Waals surface area contributed by atoms with Crippen LogP contribution in [0.25, 0.3) is 0 Å². The first kappa shape index (κ1) is 11.8. The zero-order valence-corrected chi connectivity index (χ0v) is 8.81. The van der Waals surface area contributed by atoms with Gasteiger partial charge in [0.15, 0.2) is 0 Å². The van der Waals surface area contributed by atoms with Gasteiger partial charge in [0.1, 0.15) is 5.75 Å². The summed E-state index contributed by atoms with van der Waals surface area (Å²) in [6.07, 6.45) is 0.401. The topological polar surface area (TPSA) is 75.7 Å². The van der Waals surface area contributed by atoms with E-state index in [1.54, 1.807) is 25.3 Å². The summed E-state index contributed by atoms with van der Waals surface area (Å²) in [5.74, 6) is 0.669. The Labute approximate surface area is 89.3 Å². The monoisotopic (exact) mass is 211 g/mol. The zero-order chi connectivity index (χ0) is 11.3. The van der Waals surface area contributed by atoms with Gasteiger partial charge in [0.2, 0.25) is 0 Å². The smallest absolute Gasteiger partial charge is 0.119 e. The Bertz CT molecular complexity index is 315. The van der Waals surface area contributed by atoms with E-state index in [2.05, 4.69) is 0 Å². The molecule has 1 aromatic carbocycles. The van der Waals surface area contributed by atoms with Gasteiger partial charge in [-0.05, 0) is 31.0 Å². The fourth-order valence-corrected chi connectivity index (χ4v) is 1.41. The van der Waals surface area contributed by atoms with E-state index < -0.39 is 6.10 Å². The Morgan fingerprint density at radius 3 is 2.80 bits per heavy atom. The van der Waals surface area contributed by atoms with Crippen LogP contribution >= 0.6 is 0 Å². The molecule has 4 N–H and O–H groups in total. The fourth-order valence-electron chi connectivity index (χ4n) is 1.41. The molecule has 0 aromatic heterocycles. The lowest BCUT2D eigenvalue weighted by molar-refractivity contribution is 0.152. The van der Waals surface area contributed by atoms with Crippen LogP contribution in [0.2, 0.25) is 0 Å². The van der Waals surface area contributed by atoms with Crippen molar-refractivity contribution in [2.24, 2.45) is 0 Å². The SMILES string of the molecule is COc1ccc(N)c(C(O)CCCO)c1. The molecular weight excluding hydrogens is 194 g/mol. The van der Waals surface area contributed by atoms with Crippen molar-refractivity contribution in [2.45, 2.75) is 18.9 Å². The summed E-state index contributed by atoms with van der Waals surface area (Å²) in [6, 6.07) is 5.17. The quantitative estimate of drug-likeness (QED) is 0.637. The van der Waals surface area contributed by atoms with Gasteiger partial charge >= 0.3 is 0 Å². The van der Waals surface area contributed by atoms with E-state index in [-0.39, 0.29) is 6.61 Å². The molecule has 0 aliphatic heterocycles. The number of aliphatic hydroxyl groups excluding tert-OH is 2. The van der Waals surface area contributed by atoms with Crippen LogP contribution in [0.15, 0.2) is 18.2 Å². The minimum Gasteiger partial charge on any atom is -0.497 e. The third kappa shape index (κ3) is 3.11. The molecule has 1 rings (SSSR count). The molecule has 0 amide bonds. The summed E-state index contributed by atoms with van der Waals surface area (Å²) in [5.41, 5.74) is 6.94. The van der Waals surface area contributed by atoms with Crippen LogP contribution in [0, 0.1) is 0 Å². The van der Waals surface area contributed by atoms with Crippen molar-refractivity contribution in [3.05, 3.63) is 23.8 Å². The second kappa shape index (κ2) is 5.58. The lowest BCUT2D eigenvalue weighted by Crippen LogP contribution is -2.03. The molecule has 4 nitrogen and oxygen atoms in total. The fraction of sp³-hybridized carbons (Fsp3) is 0.455. The van der Waals surface area contributed by atoms with Gasteiger partial charge in [0.05, 0.1) is 13.2 Å². The molecule has 0 heterocycles. The average Bonchev–Trinajstić information content (AvgIpc) is 2.26. The molecule has 0 aliphatic rings. The molecule has 1 atom stereocenters. The van der Waals surface area contributed by atoms with Gasteiger partial charge < -0.3 is 20.7 Å². The Hall–Kier alpha value is -1.26. The first-order valence-electron chi connectivity index (χ1n) is 4.91. The molecule has 4 heteroatoms. The summed E-state index contributed by atoms with van der Waals surface area (Å²) in [5, 5.41) is 18.5. The second-order valence-electron chi connectivity index (χ2n) is 3.38. The maximum Gasteiger partial charge on any atom is 0.119 e. The van der Waals surface area contributed by atoms with Gasteiger partial charge in [-0.15, -0.1) is 0 Å². The highest BCUT2D eigenvalue weighted by atomic mass is 16.5. The van der Waals surface area contributed by atoms with E-state index in [0.717, 1.165) is 0 Å². The lowest BCUT2D eigenvalue weighted by Gasteiger charge is -2.14. The van der Waals surface area contributed by atoms with Crippen LogP contribution in [0.1, 0.15) is 24.5 Å². The van der Waals surface area contributed by atoms with Gasteiger partial charge in [0, 0.05) is 17.9 Å². The number of anilines is 1. The van der Waals surface area contributed by atoms with Crippen molar-refractivity contribution in [3.63, 3.8) is 0 Å². The van der Waals surface area contributed by atoms with E-state index in [1.165, 1.54) is 0 Å². The molecule has 0 radical (unpaired) electrons. The van der Waals surface area contributed by atoms with Gasteiger partial charge in [-0.3, -0.25) is 0 Å². The molecule has 84 valence electrons. The summed E-state index contributed by atoms with van der Waals surface area (Å²) in [6.45, 7) is 0.0704. The van der Waals surface area contributed by atoms with Crippen LogP contribution < -0.4 is 10.5 Å². The van der Waals surface area contributed by atoms with Crippen LogP contribution in [0.5, 0.6) is 5.75 Å². The lowest BCUT2D eigenvalue weighted by atomic mass is 10.0. The van der Waals surface area contributed by atoms with E-state index in [0.29, 0.717) is 29.8 Å². The second-order valence-corrected chi connectivity index (χ2v) is 3.38. The van der Waals surface area contributed by atoms with Gasteiger partial charge in [-0.1, -0.05) is 0 Å². The van der Waals surface area contributed by atoms with Gasteiger partial charge in [-0.25, -0.2) is 0 Å². The van der Waals surface area contributed by atoms with Crippen LogP contribution in [0.4, 0.5) is 5.69 Å². The Morgan fingerprint density at radius 1 is 1.47 bits per heavy atom. The molecule has 15 heavy (non-hydrogen) atoms. The number of nitrogens with two attached hydrogens (primary N) is 1. The summed E-state index contributed by atoms with van der Waals surface area (Å²) >= 11 is 0. The number of hydrogen-bond acceptors (Lipinski definition) is 4. The summed E-state index contributed by atoms with van der Waals surface area (Å²) in [7, 11) is 1.56. The third-order valence-electron chi connectivity index (χ3n) is 2.29. The highest BCUT2D eigenvalue weighted by molar-refractivity contribution is 5.51. The number of nitrogen functional groups attached to an aromatic ring is 1. The molecule has 0 fully saturated rings. The highest BCUT2D eigenvalue weighted by Gasteiger charge is 2.11. The molecule has 0 saturated heterocycles. The van der Waals surface area contributed by atoms with Gasteiger partial charge in [0.25, 0.3) is 0 Å². The van der Waals surface area contributed by atoms with Crippen molar-refractivity contribution in [1.29, 1.82) is 0 Å². The average molecular weight is 211 g/mol. The predicted molar refractivity (Wildman–Crippen MR) is 58.7 cm³/mol. The standard InChI is InChI=1S/C11H17NO3/c1-15-8-4-5-10(12)9(7-8)11(14)3-2-6-13/h4-5,7,11,13-14H,2-3,6,12H2,1H3. The number of benzene rings is 1. The van der Waals surface area contributed by atoms with E-state index >= 15 is 0 Å². The Balaban J connectivity index is 2.81. The first-order valence-corrected chi connectivity index (χ1v) is 4.91. The Morgan fingerprint density at radius 2 is 2.20 bits per heavy atom. The molecule has 0 bridgehead atoms. The number of hydrogen-bond donors (Lipinski definition) is 3. The molecule has 1 aromatic rings. The van der Waals surface area contributed by atoms with Crippen molar-refractivity contribution >= 4 is 5.69 Å². The molecular formula is C11H17NO3. The third-order valence-corrected chi connectivity index (χ3v) is 2.29. The van der Waals surface area contributed by atoms with Crippen LogP contribution in [-0.4, -0.2) is 23.9 Å². The number of rotatable bonds is 5. The molecule has 0 saturated carbocycles. The number of ether oxygens (including phenoxy) is 1. The zero-order valence-electron chi connectivity index (χ0n) is 8.81. The minimum atomic E-state index is -0.646. The summed E-state index contributed by atoms with van der Waals surface area (Å²) < 4.78 is 5.05. The molecule has 1 unspecified atom stereocenters. The first-order chi connectivity index (χ1) is 7.19. The highest BCUT2D eigenvalue weighted by Crippen LogP contribution is 2.27. The van der Waals surface area contributed by atoms with Gasteiger partial charge in [-0.2, -0.15) is 0 Å². The van der Waals surface area contributed by atoms with Crippen molar-refractivity contribution in [2.75, 3.05) is 19.5 Å². The maximum atomic E-state index is 9.81. The minimum absolute atomic E-state index is 0.0704. The Kier molecular flexibility index (Phi) is 4.39. The van der Waals surface area contributed by atoms with Crippen molar-refractivity contribution in [1.82, 2.24) is 0 Å². The predicted octanol–water partition coefficient (Wildman–Crippen LogP) is 1.08. The molecule has 0 aliphatic carbocycles. The number of methoxy groups -OCH3 is 1. The number of aliphatic hydroxyl groups is 2. The largest absolute Gasteiger partial charge is 0.497 e. The summed E-state index contributed by atoms with van der Waals surface area (Å²) in [4.78, 5) is 0. The molecule has 0 spiro atoms.